The fourth-order valence-electron chi connectivity index (χ4n) is 0.713. The SMILES string of the molecule is Cc1c[s+](N)c(N)c1C. The third kappa shape index (κ3) is 0.930. The van der Waals surface area contributed by atoms with Gasteiger partial charge in [0.2, 0.25) is 0 Å². The van der Waals surface area contributed by atoms with Gasteiger partial charge in [-0.05, 0) is 13.8 Å². The molecule has 0 amide bonds. The Balaban J connectivity index is 3.29. The smallest absolute Gasteiger partial charge is 0.262 e. The molecule has 0 aliphatic heterocycles. The molecule has 0 spiro atoms. The molecule has 1 aromatic heterocycles. The maximum absolute atomic E-state index is 5.63. The third-order valence-electron chi connectivity index (χ3n) is 1.52. The van der Waals surface area contributed by atoms with Gasteiger partial charge < -0.3 is 5.73 Å². The molecule has 1 unspecified atom stereocenters. The van der Waals surface area contributed by atoms with Crippen molar-refractivity contribution >= 4 is 15.7 Å². The summed E-state index contributed by atoms with van der Waals surface area (Å²) in [5, 5.41) is 8.47. The minimum absolute atomic E-state index is 0.282. The number of anilines is 1. The van der Waals surface area contributed by atoms with Crippen LogP contribution >= 0.6 is 10.7 Å². The van der Waals surface area contributed by atoms with Gasteiger partial charge in [-0.1, -0.05) is 0 Å². The summed E-state index contributed by atoms with van der Waals surface area (Å²) in [5.41, 5.74) is 8.00. The topological polar surface area (TPSA) is 52.0 Å². The van der Waals surface area contributed by atoms with Crippen LogP contribution in [0.4, 0.5) is 5.00 Å². The van der Waals surface area contributed by atoms with E-state index in [4.69, 9.17) is 10.9 Å². The van der Waals surface area contributed by atoms with E-state index in [1.165, 1.54) is 5.56 Å². The Labute approximate surface area is 57.6 Å². The van der Waals surface area contributed by atoms with Crippen LogP contribution in [-0.2, 0) is 0 Å². The monoisotopic (exact) mass is 143 g/mol. The first kappa shape index (κ1) is 6.58. The molecule has 9 heavy (non-hydrogen) atoms. The van der Waals surface area contributed by atoms with Crippen molar-refractivity contribution in [1.82, 2.24) is 0 Å². The molecule has 0 aromatic carbocycles. The molecule has 2 nitrogen and oxygen atoms in total. The Kier molecular flexibility index (Phi) is 1.47. The van der Waals surface area contributed by atoms with Crippen LogP contribution in [0.15, 0.2) is 5.38 Å². The van der Waals surface area contributed by atoms with Crippen LogP contribution in [0.25, 0.3) is 0 Å². The predicted molar refractivity (Wildman–Crippen MR) is 43.0 cm³/mol. The second-order valence-corrected chi connectivity index (χ2v) is 3.58. The van der Waals surface area contributed by atoms with Crippen molar-refractivity contribution in [2.75, 3.05) is 10.9 Å². The first-order valence-corrected chi connectivity index (χ1v) is 4.10. The average molecular weight is 143 g/mol. The van der Waals surface area contributed by atoms with Crippen molar-refractivity contribution in [3.8, 4) is 0 Å². The van der Waals surface area contributed by atoms with Crippen molar-refractivity contribution in [1.29, 1.82) is 0 Å². The van der Waals surface area contributed by atoms with Crippen LogP contribution in [0.3, 0.4) is 0 Å². The molecule has 0 aliphatic rings. The first-order chi connectivity index (χ1) is 4.13. The summed E-state index contributed by atoms with van der Waals surface area (Å²) in [5.74, 6) is 0. The molecule has 0 bridgehead atoms. The standard InChI is InChI=1S/C6H11N2S/c1-4-3-9(8)6(7)5(4)2/h3H,7-8H2,1-2H3/q+1. The van der Waals surface area contributed by atoms with E-state index in [1.807, 2.05) is 19.2 Å². The van der Waals surface area contributed by atoms with Crippen molar-refractivity contribution in [2.45, 2.75) is 13.8 Å². The number of nitrogen functional groups attached to an aromatic ring is 2. The van der Waals surface area contributed by atoms with Crippen LogP contribution in [-0.4, -0.2) is 0 Å². The van der Waals surface area contributed by atoms with Crippen molar-refractivity contribution < 1.29 is 0 Å². The number of thiophene rings is 1. The summed E-state index contributed by atoms with van der Waals surface area (Å²) >= 11 is 0. The Morgan fingerprint density at radius 2 is 2.00 bits per heavy atom. The highest BCUT2D eigenvalue weighted by Gasteiger charge is 2.12. The zero-order valence-corrected chi connectivity index (χ0v) is 6.46. The van der Waals surface area contributed by atoms with Gasteiger partial charge in [0.25, 0.3) is 5.00 Å². The molecule has 1 heterocycles. The van der Waals surface area contributed by atoms with Gasteiger partial charge in [-0.3, -0.25) is 0 Å². The van der Waals surface area contributed by atoms with Gasteiger partial charge in [-0.15, -0.1) is 5.14 Å². The van der Waals surface area contributed by atoms with Crippen molar-refractivity contribution in [3.63, 3.8) is 0 Å². The number of rotatable bonds is 0. The van der Waals surface area contributed by atoms with Crippen LogP contribution < -0.4 is 10.9 Å². The van der Waals surface area contributed by atoms with Gasteiger partial charge >= 0.3 is 0 Å². The summed E-state index contributed by atoms with van der Waals surface area (Å²) in [6.45, 7) is 4.03. The van der Waals surface area contributed by atoms with E-state index >= 15 is 0 Å². The van der Waals surface area contributed by atoms with Gasteiger partial charge in [0.15, 0.2) is 5.38 Å². The van der Waals surface area contributed by atoms with E-state index in [0.717, 1.165) is 10.6 Å². The lowest BCUT2D eigenvalue weighted by Crippen LogP contribution is -1.88. The zero-order valence-electron chi connectivity index (χ0n) is 5.64. The normalized spacial score (nSPS) is 12.1. The minimum Gasteiger partial charge on any atom is -0.354 e. The average Bonchev–Trinajstić information content (AvgIpc) is 1.98. The van der Waals surface area contributed by atoms with E-state index in [0.29, 0.717) is 0 Å². The van der Waals surface area contributed by atoms with Crippen molar-refractivity contribution in [3.05, 3.63) is 16.5 Å². The van der Waals surface area contributed by atoms with Crippen LogP contribution in [0, 0.1) is 13.8 Å². The molecule has 1 rings (SSSR count). The largest absolute Gasteiger partial charge is 0.354 e. The first-order valence-electron chi connectivity index (χ1n) is 2.75. The van der Waals surface area contributed by atoms with E-state index in [9.17, 15) is 0 Å². The van der Waals surface area contributed by atoms with Gasteiger partial charge in [-0.2, -0.15) is 0 Å². The fraction of sp³-hybridized carbons (Fsp3) is 0.333. The molecular weight excluding hydrogens is 132 g/mol. The van der Waals surface area contributed by atoms with E-state index in [-0.39, 0.29) is 10.7 Å². The van der Waals surface area contributed by atoms with Gasteiger partial charge in [0.05, 0.1) is 10.7 Å². The summed E-state index contributed by atoms with van der Waals surface area (Å²) in [6.07, 6.45) is 0. The highest BCUT2D eigenvalue weighted by atomic mass is 32.2. The summed E-state index contributed by atoms with van der Waals surface area (Å²) < 4.78 is 0. The quantitative estimate of drug-likeness (QED) is 0.538. The predicted octanol–water partition coefficient (Wildman–Crippen LogP) is 1.35. The molecule has 1 aromatic rings. The lowest BCUT2D eigenvalue weighted by molar-refractivity contribution is 1.41. The Bertz CT molecular complexity index is 205. The number of nitrogens with two attached hydrogens (primary N) is 2. The molecule has 0 saturated heterocycles. The van der Waals surface area contributed by atoms with E-state index in [2.05, 4.69) is 0 Å². The summed E-state index contributed by atoms with van der Waals surface area (Å²) in [6, 6.07) is 0. The van der Waals surface area contributed by atoms with Crippen LogP contribution in [0.1, 0.15) is 11.1 Å². The van der Waals surface area contributed by atoms with Crippen LogP contribution in [0.5, 0.6) is 0 Å². The summed E-state index contributed by atoms with van der Waals surface area (Å²) in [7, 11) is -0.282. The van der Waals surface area contributed by atoms with Gasteiger partial charge in [0, 0.05) is 11.1 Å². The van der Waals surface area contributed by atoms with Gasteiger partial charge in [0.1, 0.15) is 0 Å². The zero-order chi connectivity index (χ0) is 7.02. The van der Waals surface area contributed by atoms with Crippen molar-refractivity contribution in [2.24, 2.45) is 0 Å². The highest BCUT2D eigenvalue weighted by Crippen LogP contribution is 2.28. The maximum atomic E-state index is 5.63. The second-order valence-electron chi connectivity index (χ2n) is 2.16. The highest BCUT2D eigenvalue weighted by molar-refractivity contribution is 7.33. The fourth-order valence-corrected chi connectivity index (χ4v) is 1.91. The number of aryl methyl sites for hydroxylation is 1. The number of hydrogen-bond acceptors (Lipinski definition) is 2. The lowest BCUT2D eigenvalue weighted by atomic mass is 10.2. The molecule has 0 aliphatic carbocycles. The summed E-state index contributed by atoms with van der Waals surface area (Å²) in [4.78, 5) is 0. The molecule has 0 fully saturated rings. The molecule has 0 radical (unpaired) electrons. The molecule has 50 valence electrons. The molecular formula is C6H11N2S+. The molecule has 3 heteroatoms. The molecule has 4 N–H and O–H groups in total. The van der Waals surface area contributed by atoms with E-state index in [1.54, 1.807) is 0 Å². The Morgan fingerprint density at radius 3 is 2.11 bits per heavy atom. The minimum atomic E-state index is -0.282. The third-order valence-corrected chi connectivity index (χ3v) is 2.94. The van der Waals surface area contributed by atoms with Crippen LogP contribution in [0.2, 0.25) is 0 Å². The Morgan fingerprint density at radius 1 is 1.44 bits per heavy atom. The second kappa shape index (κ2) is 2.01. The van der Waals surface area contributed by atoms with E-state index < -0.39 is 0 Å². The maximum Gasteiger partial charge on any atom is 0.262 e. The molecule has 1 atom stereocenters. The Hall–Kier alpha value is -0.540. The number of hydrogen-bond donors (Lipinski definition) is 2. The lowest BCUT2D eigenvalue weighted by Gasteiger charge is -1.81. The molecule has 0 saturated carbocycles. The van der Waals surface area contributed by atoms with Gasteiger partial charge in [-0.25, -0.2) is 0 Å².